The number of hydrogen-bond donors (Lipinski definition) is 2. The first-order valence-electron chi connectivity index (χ1n) is 9.79. The van der Waals surface area contributed by atoms with Crippen molar-refractivity contribution >= 4 is 6.03 Å². The minimum absolute atomic E-state index is 0.0906. The lowest BCUT2D eigenvalue weighted by Crippen LogP contribution is -2.49. The van der Waals surface area contributed by atoms with Gasteiger partial charge in [0.1, 0.15) is 0 Å². The van der Waals surface area contributed by atoms with E-state index in [9.17, 15) is 9.90 Å². The molecule has 5 fully saturated rings. The highest BCUT2D eigenvalue weighted by Crippen LogP contribution is 2.61. The fourth-order valence-electron chi connectivity index (χ4n) is 6.54. The topological polar surface area (TPSA) is 52.6 Å². The van der Waals surface area contributed by atoms with Crippen LogP contribution in [0.25, 0.3) is 0 Å². The van der Waals surface area contributed by atoms with E-state index in [0.717, 1.165) is 50.2 Å². The van der Waals surface area contributed by atoms with Gasteiger partial charge in [0, 0.05) is 26.2 Å². The van der Waals surface area contributed by atoms with E-state index in [1.165, 1.54) is 44.9 Å². The maximum Gasteiger partial charge on any atom is 0.317 e. The van der Waals surface area contributed by atoms with Crippen LogP contribution in [0.1, 0.15) is 57.8 Å². The predicted octanol–water partition coefficient (Wildman–Crippen LogP) is 3.01. The third kappa shape index (κ3) is 3.24. The molecular formula is C19H32N2O2. The summed E-state index contributed by atoms with van der Waals surface area (Å²) in [7, 11) is 0. The number of nitrogens with zero attached hydrogens (tertiary/aromatic N) is 1. The Morgan fingerprint density at radius 2 is 1.78 bits per heavy atom. The van der Waals surface area contributed by atoms with E-state index in [-0.39, 0.29) is 18.6 Å². The second-order valence-electron chi connectivity index (χ2n) is 9.04. The minimum atomic E-state index is 0.0906. The van der Waals surface area contributed by atoms with Crippen molar-refractivity contribution in [1.82, 2.24) is 10.2 Å². The first kappa shape index (κ1) is 15.7. The van der Waals surface area contributed by atoms with Crippen molar-refractivity contribution in [2.75, 3.05) is 26.2 Å². The van der Waals surface area contributed by atoms with E-state index in [1.807, 2.05) is 4.90 Å². The number of nitrogens with one attached hydrogen (secondary N) is 1. The third-order valence-corrected chi connectivity index (χ3v) is 7.16. The van der Waals surface area contributed by atoms with Gasteiger partial charge in [-0.2, -0.15) is 0 Å². The Morgan fingerprint density at radius 1 is 1.13 bits per heavy atom. The number of hydrogen-bond acceptors (Lipinski definition) is 2. The molecule has 4 aliphatic carbocycles. The quantitative estimate of drug-likeness (QED) is 0.836. The van der Waals surface area contributed by atoms with Crippen molar-refractivity contribution in [2.24, 2.45) is 29.1 Å². The molecule has 5 aliphatic rings. The van der Waals surface area contributed by atoms with Gasteiger partial charge in [-0.25, -0.2) is 4.79 Å². The SMILES string of the molecule is O=C(NCCC12CC3CC(CC(C3)C1)C2)N1CCC[C@@H](CO)C1. The first-order chi connectivity index (χ1) is 11.2. The Labute approximate surface area is 140 Å². The van der Waals surface area contributed by atoms with Gasteiger partial charge >= 0.3 is 6.03 Å². The molecule has 1 saturated heterocycles. The summed E-state index contributed by atoms with van der Waals surface area (Å²) in [5, 5.41) is 12.5. The summed E-state index contributed by atoms with van der Waals surface area (Å²) in [4.78, 5) is 14.3. The van der Waals surface area contributed by atoms with Crippen molar-refractivity contribution in [3.8, 4) is 0 Å². The Morgan fingerprint density at radius 3 is 2.39 bits per heavy atom. The fraction of sp³-hybridized carbons (Fsp3) is 0.947. The molecule has 1 heterocycles. The number of aliphatic hydroxyl groups is 1. The molecule has 0 aromatic rings. The monoisotopic (exact) mass is 320 g/mol. The number of carbonyl (C=O) groups is 1. The van der Waals surface area contributed by atoms with Gasteiger partial charge in [0.2, 0.25) is 0 Å². The Balaban J connectivity index is 1.26. The molecule has 0 radical (unpaired) electrons. The average molecular weight is 320 g/mol. The van der Waals surface area contributed by atoms with E-state index in [4.69, 9.17) is 0 Å². The molecule has 0 unspecified atom stereocenters. The molecule has 1 atom stereocenters. The van der Waals surface area contributed by atoms with Crippen molar-refractivity contribution in [1.29, 1.82) is 0 Å². The van der Waals surface area contributed by atoms with Gasteiger partial charge in [-0.3, -0.25) is 0 Å². The molecule has 0 aromatic heterocycles. The predicted molar refractivity (Wildman–Crippen MR) is 90.0 cm³/mol. The molecule has 23 heavy (non-hydrogen) atoms. The molecular weight excluding hydrogens is 288 g/mol. The highest BCUT2D eigenvalue weighted by atomic mass is 16.3. The number of likely N-dealkylation sites (tertiary alicyclic amines) is 1. The van der Waals surface area contributed by atoms with E-state index >= 15 is 0 Å². The molecule has 5 rings (SSSR count). The summed E-state index contributed by atoms with van der Waals surface area (Å²) in [6.45, 7) is 2.61. The summed E-state index contributed by atoms with van der Waals surface area (Å²) in [5.74, 6) is 3.25. The van der Waals surface area contributed by atoms with Crippen LogP contribution in [0.3, 0.4) is 0 Å². The van der Waals surface area contributed by atoms with Crippen LogP contribution in [0.2, 0.25) is 0 Å². The molecule has 1 aliphatic heterocycles. The maximum atomic E-state index is 12.4. The highest BCUT2D eigenvalue weighted by Gasteiger charge is 2.50. The summed E-state index contributed by atoms with van der Waals surface area (Å²) < 4.78 is 0. The molecule has 4 heteroatoms. The number of amides is 2. The lowest BCUT2D eigenvalue weighted by molar-refractivity contribution is -0.0564. The maximum absolute atomic E-state index is 12.4. The van der Waals surface area contributed by atoms with Crippen molar-refractivity contribution in [2.45, 2.75) is 57.8 Å². The van der Waals surface area contributed by atoms with E-state index in [1.54, 1.807) is 0 Å². The Bertz CT molecular complexity index is 415. The second-order valence-corrected chi connectivity index (χ2v) is 9.04. The van der Waals surface area contributed by atoms with Crippen LogP contribution >= 0.6 is 0 Å². The minimum Gasteiger partial charge on any atom is -0.396 e. The Kier molecular flexibility index (Phi) is 4.29. The van der Waals surface area contributed by atoms with E-state index in [2.05, 4.69) is 5.32 Å². The van der Waals surface area contributed by atoms with Gasteiger partial charge < -0.3 is 15.3 Å². The van der Waals surface area contributed by atoms with Crippen LogP contribution in [-0.2, 0) is 0 Å². The van der Waals surface area contributed by atoms with Gasteiger partial charge in [-0.15, -0.1) is 0 Å². The van der Waals surface area contributed by atoms with Crippen molar-refractivity contribution < 1.29 is 9.90 Å². The first-order valence-corrected chi connectivity index (χ1v) is 9.79. The van der Waals surface area contributed by atoms with Crippen LogP contribution in [-0.4, -0.2) is 42.3 Å². The summed E-state index contributed by atoms with van der Waals surface area (Å²) in [5.41, 5.74) is 0.553. The van der Waals surface area contributed by atoms with Crippen LogP contribution in [0, 0.1) is 29.1 Å². The number of urea groups is 1. The molecule has 0 spiro atoms. The van der Waals surface area contributed by atoms with Crippen molar-refractivity contribution in [3.63, 3.8) is 0 Å². The molecule has 2 amide bonds. The van der Waals surface area contributed by atoms with Gasteiger partial charge in [0.05, 0.1) is 0 Å². The lowest BCUT2D eigenvalue weighted by Gasteiger charge is -2.57. The molecule has 0 aromatic carbocycles. The molecule has 4 saturated carbocycles. The summed E-state index contributed by atoms with van der Waals surface area (Å²) in [6, 6.07) is 0.0906. The standard InChI is InChI=1S/C19H32N2O2/c22-13-14-2-1-5-21(12-14)18(23)20-4-3-19-9-15-6-16(10-19)8-17(7-15)11-19/h14-17,22H,1-13H2,(H,20,23)/t14-,15?,16?,17?,19?/m1/s1. The number of aliphatic hydroxyl groups excluding tert-OH is 1. The van der Waals surface area contributed by atoms with E-state index < -0.39 is 0 Å². The third-order valence-electron chi connectivity index (χ3n) is 7.16. The fourth-order valence-corrected chi connectivity index (χ4v) is 6.54. The van der Waals surface area contributed by atoms with Crippen molar-refractivity contribution in [3.05, 3.63) is 0 Å². The number of rotatable bonds is 4. The summed E-state index contributed by atoms with van der Waals surface area (Å²) >= 11 is 0. The van der Waals surface area contributed by atoms with Crippen LogP contribution in [0.4, 0.5) is 4.79 Å². The van der Waals surface area contributed by atoms with Gasteiger partial charge in [-0.05, 0) is 86.9 Å². The smallest absolute Gasteiger partial charge is 0.317 e. The highest BCUT2D eigenvalue weighted by molar-refractivity contribution is 5.74. The Hall–Kier alpha value is -0.770. The number of piperidine rings is 1. The zero-order valence-corrected chi connectivity index (χ0v) is 14.3. The van der Waals surface area contributed by atoms with Crippen LogP contribution in [0.5, 0.6) is 0 Å². The normalized spacial score (nSPS) is 42.0. The lowest BCUT2D eigenvalue weighted by atomic mass is 9.49. The average Bonchev–Trinajstić information content (AvgIpc) is 2.53. The molecule has 4 nitrogen and oxygen atoms in total. The van der Waals surface area contributed by atoms with Gasteiger partial charge in [-0.1, -0.05) is 0 Å². The largest absolute Gasteiger partial charge is 0.396 e. The molecule has 4 bridgehead atoms. The van der Waals surface area contributed by atoms with Gasteiger partial charge in [0.15, 0.2) is 0 Å². The summed E-state index contributed by atoms with van der Waals surface area (Å²) in [6.07, 6.45) is 12.0. The molecule has 2 N–H and O–H groups in total. The zero-order chi connectivity index (χ0) is 15.9. The van der Waals surface area contributed by atoms with E-state index in [0.29, 0.717) is 5.41 Å². The van der Waals surface area contributed by atoms with Crippen LogP contribution < -0.4 is 5.32 Å². The zero-order valence-electron chi connectivity index (χ0n) is 14.3. The number of carbonyl (C=O) groups excluding carboxylic acids is 1. The van der Waals surface area contributed by atoms with Gasteiger partial charge in [0.25, 0.3) is 0 Å². The molecule has 130 valence electrons. The van der Waals surface area contributed by atoms with Crippen LogP contribution in [0.15, 0.2) is 0 Å². The second kappa shape index (κ2) is 6.27.